The Hall–Kier alpha value is -0.613. The van der Waals surface area contributed by atoms with Crippen LogP contribution in [0, 0.1) is 0 Å². The van der Waals surface area contributed by atoms with Crippen molar-refractivity contribution >= 4 is 14.3 Å². The molecule has 0 bridgehead atoms. The van der Waals surface area contributed by atoms with Gasteiger partial charge in [-0.25, -0.2) is 4.79 Å². The van der Waals surface area contributed by atoms with Crippen LogP contribution >= 0.6 is 0 Å². The number of carbonyl (C=O) groups excluding carboxylic acids is 1. The molecule has 0 aliphatic heterocycles. The van der Waals surface area contributed by atoms with Gasteiger partial charge in [-0.3, -0.25) is 0 Å². The maximum absolute atomic E-state index is 10.9. The minimum atomic E-state index is -1.46. The van der Waals surface area contributed by atoms with Gasteiger partial charge < -0.3 is 9.16 Å². The molecule has 76 valence electrons. The van der Waals surface area contributed by atoms with Crippen LogP contribution < -0.4 is 0 Å². The van der Waals surface area contributed by atoms with E-state index in [1.165, 1.54) is 7.11 Å². The normalized spacial score (nSPS) is 11.1. The molecule has 0 spiro atoms. The van der Waals surface area contributed by atoms with Crippen molar-refractivity contribution in [2.75, 3.05) is 13.7 Å². The number of esters is 1. The van der Waals surface area contributed by atoms with E-state index in [1.54, 1.807) is 0 Å². The Morgan fingerprint density at radius 3 is 2.31 bits per heavy atom. The van der Waals surface area contributed by atoms with E-state index in [4.69, 9.17) is 4.43 Å². The third-order valence-corrected chi connectivity index (χ3v) is 2.48. The minimum Gasteiger partial charge on any atom is -0.466 e. The molecule has 0 aromatic heterocycles. The summed E-state index contributed by atoms with van der Waals surface area (Å²) in [5.41, 5.74) is 0.473. The van der Waals surface area contributed by atoms with E-state index >= 15 is 0 Å². The van der Waals surface area contributed by atoms with Crippen LogP contribution in [0.5, 0.6) is 0 Å². The molecule has 0 rings (SSSR count). The van der Waals surface area contributed by atoms with Crippen LogP contribution in [0.4, 0.5) is 0 Å². The quantitative estimate of drug-likeness (QED) is 0.388. The molecule has 0 amide bonds. The smallest absolute Gasteiger partial charge is 0.333 e. The van der Waals surface area contributed by atoms with Crippen LogP contribution in [0.1, 0.15) is 6.42 Å². The Balaban J connectivity index is 3.66. The topological polar surface area (TPSA) is 35.5 Å². The molecule has 0 aromatic carbocycles. The van der Waals surface area contributed by atoms with Gasteiger partial charge in [0.1, 0.15) is 0 Å². The summed E-state index contributed by atoms with van der Waals surface area (Å²) in [4.78, 5) is 10.9. The van der Waals surface area contributed by atoms with Gasteiger partial charge in [0.05, 0.1) is 7.11 Å². The first-order chi connectivity index (χ1) is 5.87. The molecule has 0 atom stereocenters. The van der Waals surface area contributed by atoms with Gasteiger partial charge in [-0.15, -0.1) is 0 Å². The molecule has 0 fully saturated rings. The maximum Gasteiger partial charge on any atom is 0.333 e. The molecular formula is C9H18O3Si. The highest BCUT2D eigenvalue weighted by molar-refractivity contribution is 6.69. The van der Waals surface area contributed by atoms with Crippen molar-refractivity contribution in [2.24, 2.45) is 0 Å². The number of carbonyl (C=O) groups is 1. The van der Waals surface area contributed by atoms with Crippen molar-refractivity contribution in [1.82, 2.24) is 0 Å². The third-order valence-electron chi connectivity index (χ3n) is 1.41. The lowest BCUT2D eigenvalue weighted by molar-refractivity contribution is -0.136. The molecule has 0 aliphatic rings. The highest BCUT2D eigenvalue weighted by Gasteiger charge is 2.14. The number of methoxy groups -OCH3 is 1. The summed E-state index contributed by atoms with van der Waals surface area (Å²) in [6.45, 7) is 10.5. The van der Waals surface area contributed by atoms with Crippen molar-refractivity contribution in [1.29, 1.82) is 0 Å². The van der Waals surface area contributed by atoms with Crippen molar-refractivity contribution in [3.05, 3.63) is 12.2 Å². The summed E-state index contributed by atoms with van der Waals surface area (Å²) in [5.74, 6) is -0.348. The second-order valence-electron chi connectivity index (χ2n) is 3.81. The molecule has 0 N–H and O–H groups in total. The second kappa shape index (κ2) is 5.19. The Morgan fingerprint density at radius 1 is 1.38 bits per heavy atom. The number of ether oxygens (including phenoxy) is 1. The molecule has 0 unspecified atom stereocenters. The van der Waals surface area contributed by atoms with Crippen LogP contribution in [0.3, 0.4) is 0 Å². The number of hydrogen-bond donors (Lipinski definition) is 0. The molecular weight excluding hydrogens is 184 g/mol. The van der Waals surface area contributed by atoms with Gasteiger partial charge >= 0.3 is 5.97 Å². The lowest BCUT2D eigenvalue weighted by Crippen LogP contribution is -2.26. The lowest BCUT2D eigenvalue weighted by Gasteiger charge is -2.16. The van der Waals surface area contributed by atoms with Crippen LogP contribution in [0.25, 0.3) is 0 Å². The fourth-order valence-electron chi connectivity index (χ4n) is 0.727. The predicted octanol–water partition coefficient (Wildman–Crippen LogP) is 1.96. The van der Waals surface area contributed by atoms with Gasteiger partial charge in [0.25, 0.3) is 0 Å². The Bertz CT molecular complexity index is 194. The van der Waals surface area contributed by atoms with Gasteiger partial charge in [0.2, 0.25) is 0 Å². The highest BCUT2D eigenvalue weighted by Crippen LogP contribution is 2.06. The van der Waals surface area contributed by atoms with E-state index in [9.17, 15) is 4.79 Å². The Morgan fingerprint density at radius 2 is 1.92 bits per heavy atom. The number of rotatable bonds is 5. The zero-order chi connectivity index (χ0) is 10.5. The van der Waals surface area contributed by atoms with Crippen LogP contribution in [0.2, 0.25) is 19.6 Å². The molecule has 0 aromatic rings. The summed E-state index contributed by atoms with van der Waals surface area (Å²) in [5, 5.41) is 0. The van der Waals surface area contributed by atoms with Crippen molar-refractivity contribution < 1.29 is 14.0 Å². The molecule has 0 heterocycles. The molecule has 0 aliphatic carbocycles. The lowest BCUT2D eigenvalue weighted by atomic mass is 10.2. The van der Waals surface area contributed by atoms with E-state index in [0.29, 0.717) is 18.6 Å². The van der Waals surface area contributed by atoms with E-state index < -0.39 is 8.32 Å². The Kier molecular flexibility index (Phi) is 4.94. The molecule has 3 nitrogen and oxygen atoms in total. The zero-order valence-corrected chi connectivity index (χ0v) is 9.85. The van der Waals surface area contributed by atoms with E-state index in [0.717, 1.165) is 0 Å². The summed E-state index contributed by atoms with van der Waals surface area (Å²) >= 11 is 0. The first kappa shape index (κ1) is 12.4. The van der Waals surface area contributed by atoms with Crippen molar-refractivity contribution in [3.63, 3.8) is 0 Å². The molecule has 0 radical (unpaired) electrons. The summed E-state index contributed by atoms with van der Waals surface area (Å²) in [6.07, 6.45) is 0.553. The van der Waals surface area contributed by atoms with Gasteiger partial charge in [-0.05, 0) is 19.6 Å². The van der Waals surface area contributed by atoms with E-state index in [-0.39, 0.29) is 5.97 Å². The van der Waals surface area contributed by atoms with Gasteiger partial charge in [-0.1, -0.05) is 6.58 Å². The van der Waals surface area contributed by atoms with Gasteiger partial charge in [-0.2, -0.15) is 0 Å². The summed E-state index contributed by atoms with van der Waals surface area (Å²) in [7, 11) is -0.108. The maximum atomic E-state index is 10.9. The number of hydrogen-bond acceptors (Lipinski definition) is 3. The molecule has 0 saturated heterocycles. The van der Waals surface area contributed by atoms with Gasteiger partial charge in [0.15, 0.2) is 8.32 Å². The van der Waals surface area contributed by atoms with E-state index in [2.05, 4.69) is 31.0 Å². The summed E-state index contributed by atoms with van der Waals surface area (Å²) in [6, 6.07) is 0. The second-order valence-corrected chi connectivity index (χ2v) is 8.32. The summed E-state index contributed by atoms with van der Waals surface area (Å²) < 4.78 is 10.1. The largest absolute Gasteiger partial charge is 0.466 e. The molecule has 4 heteroatoms. The fourth-order valence-corrected chi connectivity index (χ4v) is 1.44. The third kappa shape index (κ3) is 6.54. The molecule has 13 heavy (non-hydrogen) atoms. The van der Waals surface area contributed by atoms with Crippen LogP contribution in [0.15, 0.2) is 12.2 Å². The predicted molar refractivity (Wildman–Crippen MR) is 55.1 cm³/mol. The van der Waals surface area contributed by atoms with E-state index in [1.807, 2.05) is 0 Å². The van der Waals surface area contributed by atoms with Crippen LogP contribution in [-0.2, 0) is 14.0 Å². The SMILES string of the molecule is C=C(CCO[Si](C)(C)C)C(=O)OC. The van der Waals surface area contributed by atoms with Gasteiger partial charge in [0, 0.05) is 18.6 Å². The van der Waals surface area contributed by atoms with Crippen LogP contribution in [-0.4, -0.2) is 28.0 Å². The van der Waals surface area contributed by atoms with Crippen molar-refractivity contribution in [2.45, 2.75) is 26.1 Å². The fraction of sp³-hybridized carbons (Fsp3) is 0.667. The monoisotopic (exact) mass is 202 g/mol. The Labute approximate surface area is 80.9 Å². The molecule has 0 saturated carbocycles. The highest BCUT2D eigenvalue weighted by atomic mass is 28.4. The average Bonchev–Trinajstić information content (AvgIpc) is 2.00. The minimum absolute atomic E-state index is 0.348. The average molecular weight is 202 g/mol. The van der Waals surface area contributed by atoms with Crippen molar-refractivity contribution in [3.8, 4) is 0 Å². The first-order valence-corrected chi connectivity index (χ1v) is 7.67. The first-order valence-electron chi connectivity index (χ1n) is 4.27. The zero-order valence-electron chi connectivity index (χ0n) is 8.85. The standard InChI is InChI=1S/C9H18O3Si/c1-8(9(10)11-2)6-7-12-13(3,4)5/h1,6-7H2,2-5H3.